The molecule has 9 heteroatoms. The van der Waals surface area contributed by atoms with Gasteiger partial charge in [0, 0.05) is 29.9 Å². The Hall–Kier alpha value is -3.62. The van der Waals surface area contributed by atoms with E-state index in [-0.39, 0.29) is 30.0 Å². The first-order valence-corrected chi connectivity index (χ1v) is 9.59. The summed E-state index contributed by atoms with van der Waals surface area (Å²) in [7, 11) is 0. The highest BCUT2D eigenvalue weighted by atomic mass is 16.6. The second-order valence-corrected chi connectivity index (χ2v) is 6.98. The standard InChI is InChI=1S/C21H24N4O5/c1-5-24-11-18(15(4)23-24)14(3)22-21(26)20-9-7-17(30-20)12-29-16-6-8-19(25(27)28)13(2)10-16/h6-11,14H,5,12H2,1-4H3,(H,22,26). The number of benzene rings is 1. The molecule has 1 amide bonds. The van der Waals surface area contributed by atoms with Crippen LogP contribution in [0.5, 0.6) is 5.75 Å². The molecule has 0 aliphatic carbocycles. The highest BCUT2D eigenvalue weighted by Gasteiger charge is 2.18. The molecule has 0 aliphatic rings. The number of furan rings is 1. The molecule has 2 heterocycles. The average Bonchev–Trinajstić information content (AvgIpc) is 3.32. The molecule has 0 aliphatic heterocycles. The van der Waals surface area contributed by atoms with Gasteiger partial charge in [-0.2, -0.15) is 5.10 Å². The number of nitro groups is 1. The summed E-state index contributed by atoms with van der Waals surface area (Å²) in [6.45, 7) is 8.31. The molecule has 1 unspecified atom stereocenters. The maximum Gasteiger partial charge on any atom is 0.287 e. The Labute approximate surface area is 173 Å². The monoisotopic (exact) mass is 412 g/mol. The zero-order valence-electron chi connectivity index (χ0n) is 17.3. The number of hydrogen-bond acceptors (Lipinski definition) is 6. The zero-order valence-corrected chi connectivity index (χ0v) is 17.3. The van der Waals surface area contributed by atoms with Gasteiger partial charge in [-0.25, -0.2) is 0 Å². The normalized spacial score (nSPS) is 11.9. The van der Waals surface area contributed by atoms with Crippen molar-refractivity contribution in [2.24, 2.45) is 0 Å². The van der Waals surface area contributed by atoms with Crippen LogP contribution in [0.2, 0.25) is 0 Å². The van der Waals surface area contributed by atoms with Crippen molar-refractivity contribution < 1.29 is 18.9 Å². The second kappa shape index (κ2) is 8.81. The summed E-state index contributed by atoms with van der Waals surface area (Å²) >= 11 is 0. The van der Waals surface area contributed by atoms with E-state index >= 15 is 0 Å². The van der Waals surface area contributed by atoms with Crippen LogP contribution in [0.4, 0.5) is 5.69 Å². The van der Waals surface area contributed by atoms with Crippen LogP contribution >= 0.6 is 0 Å². The molecule has 9 nitrogen and oxygen atoms in total. The molecule has 2 aromatic heterocycles. The summed E-state index contributed by atoms with van der Waals surface area (Å²) in [4.78, 5) is 23.0. The summed E-state index contributed by atoms with van der Waals surface area (Å²) in [5, 5.41) is 18.2. The third-order valence-electron chi connectivity index (χ3n) is 4.75. The van der Waals surface area contributed by atoms with Crippen molar-refractivity contribution >= 4 is 11.6 Å². The lowest BCUT2D eigenvalue weighted by atomic mass is 10.1. The summed E-state index contributed by atoms with van der Waals surface area (Å²) in [6.07, 6.45) is 1.92. The van der Waals surface area contributed by atoms with E-state index in [9.17, 15) is 14.9 Å². The first kappa shape index (κ1) is 21.1. The third kappa shape index (κ3) is 4.68. The van der Waals surface area contributed by atoms with Gasteiger partial charge in [0.2, 0.25) is 0 Å². The van der Waals surface area contributed by atoms with Gasteiger partial charge in [0.1, 0.15) is 18.1 Å². The van der Waals surface area contributed by atoms with Crippen molar-refractivity contribution in [3.63, 3.8) is 0 Å². The molecule has 3 rings (SSSR count). The Morgan fingerprint density at radius 2 is 2.10 bits per heavy atom. The quantitative estimate of drug-likeness (QED) is 0.440. The number of amides is 1. The molecule has 0 fully saturated rings. The van der Waals surface area contributed by atoms with Crippen molar-refractivity contribution in [2.75, 3.05) is 0 Å². The maximum atomic E-state index is 12.5. The van der Waals surface area contributed by atoms with Crippen molar-refractivity contribution in [3.8, 4) is 5.75 Å². The number of rotatable bonds is 8. The molecule has 1 aromatic carbocycles. The van der Waals surface area contributed by atoms with Crippen LogP contribution in [0.1, 0.15) is 53.0 Å². The van der Waals surface area contributed by atoms with E-state index in [4.69, 9.17) is 9.15 Å². The van der Waals surface area contributed by atoms with E-state index in [2.05, 4.69) is 10.4 Å². The van der Waals surface area contributed by atoms with Gasteiger partial charge in [-0.05, 0) is 52.0 Å². The van der Waals surface area contributed by atoms with Gasteiger partial charge in [0.25, 0.3) is 11.6 Å². The van der Waals surface area contributed by atoms with E-state index in [0.29, 0.717) is 17.1 Å². The molecule has 0 radical (unpaired) electrons. The van der Waals surface area contributed by atoms with Crippen LogP contribution in [0.3, 0.4) is 0 Å². The van der Waals surface area contributed by atoms with Crippen molar-refractivity contribution in [2.45, 2.75) is 46.9 Å². The SMILES string of the molecule is CCn1cc(C(C)NC(=O)c2ccc(COc3ccc([N+](=O)[O-])c(C)c3)o2)c(C)n1. The van der Waals surface area contributed by atoms with Gasteiger partial charge >= 0.3 is 0 Å². The third-order valence-corrected chi connectivity index (χ3v) is 4.75. The van der Waals surface area contributed by atoms with E-state index in [1.54, 1.807) is 25.1 Å². The molecule has 0 spiro atoms. The van der Waals surface area contributed by atoms with E-state index in [1.165, 1.54) is 12.1 Å². The molecule has 0 saturated carbocycles. The van der Waals surface area contributed by atoms with Gasteiger partial charge in [0.15, 0.2) is 5.76 Å². The van der Waals surface area contributed by atoms with Gasteiger partial charge in [-0.15, -0.1) is 0 Å². The molecule has 0 saturated heterocycles. The van der Waals surface area contributed by atoms with E-state index in [0.717, 1.165) is 17.8 Å². The predicted molar refractivity (Wildman–Crippen MR) is 109 cm³/mol. The highest BCUT2D eigenvalue weighted by Crippen LogP contribution is 2.24. The lowest BCUT2D eigenvalue weighted by Gasteiger charge is -2.12. The van der Waals surface area contributed by atoms with Crippen LogP contribution in [0.25, 0.3) is 0 Å². The van der Waals surface area contributed by atoms with Crippen LogP contribution < -0.4 is 10.1 Å². The molecule has 1 atom stereocenters. The van der Waals surface area contributed by atoms with Crippen LogP contribution in [0.15, 0.2) is 40.9 Å². The van der Waals surface area contributed by atoms with Crippen LogP contribution in [0, 0.1) is 24.0 Å². The lowest BCUT2D eigenvalue weighted by molar-refractivity contribution is -0.385. The molecular formula is C21H24N4O5. The fourth-order valence-electron chi connectivity index (χ4n) is 3.12. The number of carbonyl (C=O) groups excluding carboxylic acids is 1. The number of carbonyl (C=O) groups is 1. The largest absolute Gasteiger partial charge is 0.486 e. The van der Waals surface area contributed by atoms with Crippen molar-refractivity contribution in [1.29, 1.82) is 0 Å². The first-order valence-electron chi connectivity index (χ1n) is 9.59. The Balaban J connectivity index is 1.60. The molecule has 3 aromatic rings. The molecular weight excluding hydrogens is 388 g/mol. The summed E-state index contributed by atoms with van der Waals surface area (Å²) in [5.41, 5.74) is 2.37. The topological polar surface area (TPSA) is 112 Å². The van der Waals surface area contributed by atoms with Crippen molar-refractivity contribution in [1.82, 2.24) is 15.1 Å². The minimum atomic E-state index is -0.438. The molecule has 0 bridgehead atoms. The number of aryl methyl sites for hydroxylation is 3. The number of aromatic nitrogens is 2. The number of nitrogens with one attached hydrogen (secondary N) is 1. The average molecular weight is 412 g/mol. The van der Waals surface area contributed by atoms with Gasteiger partial charge in [-0.1, -0.05) is 0 Å². The Morgan fingerprint density at radius 1 is 1.33 bits per heavy atom. The summed E-state index contributed by atoms with van der Waals surface area (Å²) in [5.74, 6) is 0.806. The van der Waals surface area contributed by atoms with Gasteiger partial charge in [-0.3, -0.25) is 19.6 Å². The van der Waals surface area contributed by atoms with E-state index in [1.807, 2.05) is 31.6 Å². The highest BCUT2D eigenvalue weighted by molar-refractivity contribution is 5.91. The van der Waals surface area contributed by atoms with E-state index < -0.39 is 4.92 Å². The first-order chi connectivity index (χ1) is 14.3. The summed E-state index contributed by atoms with van der Waals surface area (Å²) < 4.78 is 13.0. The summed E-state index contributed by atoms with van der Waals surface area (Å²) in [6, 6.07) is 7.56. The Kier molecular flexibility index (Phi) is 6.20. The second-order valence-electron chi connectivity index (χ2n) is 6.98. The van der Waals surface area contributed by atoms with Gasteiger partial charge in [0.05, 0.1) is 16.7 Å². The van der Waals surface area contributed by atoms with Crippen LogP contribution in [-0.2, 0) is 13.2 Å². The number of hydrogen-bond donors (Lipinski definition) is 1. The lowest BCUT2D eigenvalue weighted by Crippen LogP contribution is -2.26. The fraction of sp³-hybridized carbons (Fsp3) is 0.333. The van der Waals surface area contributed by atoms with Crippen LogP contribution in [-0.4, -0.2) is 20.6 Å². The zero-order chi connectivity index (χ0) is 21.8. The van der Waals surface area contributed by atoms with Crippen molar-refractivity contribution in [3.05, 3.63) is 75.0 Å². The maximum absolute atomic E-state index is 12.5. The Morgan fingerprint density at radius 3 is 2.73 bits per heavy atom. The minimum Gasteiger partial charge on any atom is -0.486 e. The minimum absolute atomic E-state index is 0.0353. The molecule has 1 N–H and O–H groups in total. The number of nitrogens with zero attached hydrogens (tertiary/aromatic N) is 3. The predicted octanol–water partition coefficient (Wildman–Crippen LogP) is 4.09. The Bertz CT molecular complexity index is 1070. The molecule has 30 heavy (non-hydrogen) atoms. The molecule has 158 valence electrons. The fourth-order valence-corrected chi connectivity index (χ4v) is 3.12. The van der Waals surface area contributed by atoms with Gasteiger partial charge < -0.3 is 14.5 Å². The number of nitro benzene ring substituents is 1. The smallest absolute Gasteiger partial charge is 0.287 e. The number of ether oxygens (including phenoxy) is 1.